The van der Waals surface area contributed by atoms with Crippen LogP contribution >= 0.6 is 11.6 Å². The number of nitrogens with zero attached hydrogens (tertiary/aromatic N) is 2. The quantitative estimate of drug-likeness (QED) is 0.447. The molecule has 4 rings (SSSR count). The molecule has 0 fully saturated rings. The summed E-state index contributed by atoms with van der Waals surface area (Å²) in [6.07, 6.45) is 3.58. The third-order valence-electron chi connectivity index (χ3n) is 5.10. The van der Waals surface area contributed by atoms with Gasteiger partial charge in [0.25, 0.3) is 5.56 Å². The molecule has 0 amide bonds. The van der Waals surface area contributed by atoms with Crippen LogP contribution in [-0.4, -0.2) is 35.8 Å². The first-order chi connectivity index (χ1) is 14.0. The minimum absolute atomic E-state index is 0.0534. The second-order valence-corrected chi connectivity index (χ2v) is 7.51. The third-order valence-corrected chi connectivity index (χ3v) is 5.48. The first kappa shape index (κ1) is 19.1. The van der Waals surface area contributed by atoms with Crippen molar-refractivity contribution in [1.82, 2.24) is 15.2 Å². The molecule has 148 valence electrons. The van der Waals surface area contributed by atoms with E-state index in [1.165, 1.54) is 22.7 Å². The molecule has 0 radical (unpaired) electrons. The van der Waals surface area contributed by atoms with Crippen molar-refractivity contribution in [3.63, 3.8) is 0 Å². The van der Waals surface area contributed by atoms with E-state index in [0.29, 0.717) is 12.2 Å². The minimum atomic E-state index is -0.407. The summed E-state index contributed by atoms with van der Waals surface area (Å²) in [5.41, 5.74) is 4.69. The van der Waals surface area contributed by atoms with Crippen molar-refractivity contribution < 1.29 is 0 Å². The van der Waals surface area contributed by atoms with Crippen molar-refractivity contribution in [2.75, 3.05) is 30.9 Å². The van der Waals surface area contributed by atoms with Crippen LogP contribution in [0, 0.1) is 0 Å². The molecular formula is C22H22ClN5O. The summed E-state index contributed by atoms with van der Waals surface area (Å²) in [5, 5.41) is 10.8. The molecule has 1 atom stereocenters. The normalized spacial score (nSPS) is 12.1. The van der Waals surface area contributed by atoms with Crippen LogP contribution in [-0.2, 0) is 0 Å². The average Bonchev–Trinajstić information content (AvgIpc) is 3.15. The van der Waals surface area contributed by atoms with Gasteiger partial charge in [-0.05, 0) is 29.3 Å². The second kappa shape index (κ2) is 8.01. The smallest absolute Gasteiger partial charge is 0.285 e. The van der Waals surface area contributed by atoms with Gasteiger partial charge in [0.2, 0.25) is 0 Å². The molecule has 1 unspecified atom stereocenters. The lowest BCUT2D eigenvalue weighted by atomic mass is 9.90. The zero-order chi connectivity index (χ0) is 20.4. The highest BCUT2D eigenvalue weighted by atomic mass is 35.5. The molecule has 3 N–H and O–H groups in total. The Balaban J connectivity index is 1.72. The molecule has 7 heteroatoms. The minimum Gasteiger partial charge on any atom is -0.381 e. The fraction of sp³-hybridized carbons (Fsp3) is 0.182. The van der Waals surface area contributed by atoms with Crippen LogP contribution in [0.1, 0.15) is 17.0 Å². The van der Waals surface area contributed by atoms with Crippen molar-refractivity contribution in [1.29, 1.82) is 0 Å². The van der Waals surface area contributed by atoms with Crippen LogP contribution in [0.5, 0.6) is 0 Å². The summed E-state index contributed by atoms with van der Waals surface area (Å²) in [6, 6.07) is 16.7. The molecule has 0 saturated carbocycles. The van der Waals surface area contributed by atoms with Gasteiger partial charge in [0, 0.05) is 49.3 Å². The fourth-order valence-electron chi connectivity index (χ4n) is 3.51. The van der Waals surface area contributed by atoms with Crippen LogP contribution in [0.15, 0.2) is 65.7 Å². The van der Waals surface area contributed by atoms with Gasteiger partial charge in [-0.1, -0.05) is 41.9 Å². The predicted molar refractivity (Wildman–Crippen MR) is 119 cm³/mol. The number of halogens is 1. The van der Waals surface area contributed by atoms with Gasteiger partial charge in [-0.3, -0.25) is 4.79 Å². The SMILES string of the molecule is CN(C)c1ccc(C(CNc2cn[nH]c(=O)c2Cl)c2c[nH]c3ccccc23)cc1. The molecule has 2 heterocycles. The van der Waals surface area contributed by atoms with Gasteiger partial charge in [0.15, 0.2) is 0 Å². The molecule has 6 nitrogen and oxygen atoms in total. The van der Waals surface area contributed by atoms with E-state index in [1.807, 2.05) is 26.2 Å². The van der Waals surface area contributed by atoms with Crippen molar-refractivity contribution in [2.45, 2.75) is 5.92 Å². The average molecular weight is 408 g/mol. The first-order valence-electron chi connectivity index (χ1n) is 9.35. The summed E-state index contributed by atoms with van der Waals surface area (Å²) in [6.45, 7) is 0.564. The van der Waals surface area contributed by atoms with Gasteiger partial charge < -0.3 is 15.2 Å². The maximum Gasteiger partial charge on any atom is 0.285 e. The molecule has 4 aromatic rings. The van der Waals surface area contributed by atoms with Crippen molar-refractivity contribution >= 4 is 33.9 Å². The number of anilines is 2. The molecule has 0 bridgehead atoms. The van der Waals surface area contributed by atoms with Gasteiger partial charge in [0.1, 0.15) is 5.02 Å². The Bertz CT molecular complexity index is 1180. The Kier molecular flexibility index (Phi) is 5.27. The number of benzene rings is 2. The number of aromatic amines is 2. The molecule has 0 saturated heterocycles. The number of nitrogens with one attached hydrogen (secondary N) is 3. The maximum atomic E-state index is 11.8. The van der Waals surface area contributed by atoms with Crippen molar-refractivity contribution in [3.8, 4) is 0 Å². The van der Waals surface area contributed by atoms with E-state index in [0.717, 1.165) is 11.2 Å². The number of fused-ring (bicyclic) bond motifs is 1. The summed E-state index contributed by atoms with van der Waals surface area (Å²) >= 11 is 6.14. The number of hydrogen-bond donors (Lipinski definition) is 3. The third kappa shape index (κ3) is 3.84. The van der Waals surface area contributed by atoms with Crippen molar-refractivity contribution in [2.24, 2.45) is 0 Å². The van der Waals surface area contributed by atoms with E-state index >= 15 is 0 Å². The van der Waals surface area contributed by atoms with Crippen LogP contribution in [0.4, 0.5) is 11.4 Å². The van der Waals surface area contributed by atoms with Crippen molar-refractivity contribution in [3.05, 3.63) is 87.4 Å². The lowest BCUT2D eigenvalue weighted by molar-refractivity contribution is 0.856. The molecule has 2 aromatic heterocycles. The zero-order valence-corrected chi connectivity index (χ0v) is 17.0. The molecule has 0 aliphatic heterocycles. The summed E-state index contributed by atoms with van der Waals surface area (Å²) in [4.78, 5) is 17.2. The van der Waals surface area contributed by atoms with Gasteiger partial charge in [-0.15, -0.1) is 0 Å². The van der Waals surface area contributed by atoms with Gasteiger partial charge in [0.05, 0.1) is 11.9 Å². The number of H-pyrrole nitrogens is 2. The molecule has 0 aliphatic rings. The number of rotatable bonds is 6. The predicted octanol–water partition coefficient (Wildman–Crippen LogP) is 4.21. The van der Waals surface area contributed by atoms with Gasteiger partial charge in [-0.2, -0.15) is 5.10 Å². The Morgan fingerprint density at radius 3 is 2.66 bits per heavy atom. The number of para-hydroxylation sites is 1. The van der Waals surface area contributed by atoms with E-state index < -0.39 is 5.56 Å². The van der Waals surface area contributed by atoms with Gasteiger partial charge in [-0.25, -0.2) is 5.10 Å². The largest absolute Gasteiger partial charge is 0.381 e. The lowest BCUT2D eigenvalue weighted by Crippen LogP contribution is -2.17. The van der Waals surface area contributed by atoms with E-state index in [1.54, 1.807) is 0 Å². The summed E-state index contributed by atoms with van der Waals surface area (Å²) in [7, 11) is 4.05. The Labute approximate surface area is 173 Å². The highest BCUT2D eigenvalue weighted by Crippen LogP contribution is 2.32. The Morgan fingerprint density at radius 1 is 1.14 bits per heavy atom. The van der Waals surface area contributed by atoms with E-state index in [2.05, 4.69) is 68.0 Å². The number of hydrogen-bond acceptors (Lipinski definition) is 4. The van der Waals surface area contributed by atoms with Gasteiger partial charge >= 0.3 is 0 Å². The van der Waals surface area contributed by atoms with Crippen LogP contribution in [0.25, 0.3) is 10.9 Å². The zero-order valence-electron chi connectivity index (χ0n) is 16.2. The molecule has 0 spiro atoms. The molecule has 0 aliphatic carbocycles. The maximum absolute atomic E-state index is 11.8. The Morgan fingerprint density at radius 2 is 1.90 bits per heavy atom. The molecule has 2 aromatic carbocycles. The highest BCUT2D eigenvalue weighted by molar-refractivity contribution is 6.32. The first-order valence-corrected chi connectivity index (χ1v) is 9.72. The highest BCUT2D eigenvalue weighted by Gasteiger charge is 2.19. The standard InChI is InChI=1S/C22H22ClN5O/c1-28(2)15-9-7-14(8-10-15)17(11-25-20-13-26-27-22(29)21(20)23)18-12-24-19-6-4-3-5-16(18)19/h3-10,12-13,17,24H,11H2,1-2H3,(H2,25,27,29). The lowest BCUT2D eigenvalue weighted by Gasteiger charge is -2.20. The number of aromatic nitrogens is 3. The second-order valence-electron chi connectivity index (χ2n) is 7.14. The summed E-state index contributed by atoms with van der Waals surface area (Å²) < 4.78 is 0. The topological polar surface area (TPSA) is 76.8 Å². The van der Waals surface area contributed by atoms with E-state index in [-0.39, 0.29) is 10.9 Å². The monoisotopic (exact) mass is 407 g/mol. The summed E-state index contributed by atoms with van der Waals surface area (Å²) in [5.74, 6) is 0.0534. The molecule has 29 heavy (non-hydrogen) atoms. The van der Waals surface area contributed by atoms with Crippen LogP contribution in [0.3, 0.4) is 0 Å². The molecular weight excluding hydrogens is 386 g/mol. The van der Waals surface area contributed by atoms with E-state index in [4.69, 9.17) is 11.6 Å². The van der Waals surface area contributed by atoms with E-state index in [9.17, 15) is 4.79 Å². The van der Waals surface area contributed by atoms with Crippen LogP contribution < -0.4 is 15.8 Å². The Hall–Kier alpha value is -3.25. The fourth-order valence-corrected chi connectivity index (χ4v) is 3.67. The van der Waals surface area contributed by atoms with Crippen LogP contribution in [0.2, 0.25) is 5.02 Å².